The Balaban J connectivity index is 2.14. The molecule has 1 fully saturated rings. The summed E-state index contributed by atoms with van der Waals surface area (Å²) in [6, 6.07) is 1.72. The number of nitrogens with zero attached hydrogens (tertiary/aromatic N) is 4. The Kier molecular flexibility index (Phi) is 5.42. The number of halogens is 1. The molecule has 134 valence electrons. The van der Waals surface area contributed by atoms with Crippen molar-refractivity contribution in [1.29, 1.82) is 0 Å². The zero-order chi connectivity index (χ0) is 18.1. The van der Waals surface area contributed by atoms with Crippen molar-refractivity contribution in [3.8, 4) is 0 Å². The largest absolute Gasteiger partial charge is 0.444 e. The van der Waals surface area contributed by atoms with Gasteiger partial charge in [0.05, 0.1) is 6.04 Å². The number of hydrogen-bond acceptors (Lipinski definition) is 6. The number of amides is 1. The maximum absolute atomic E-state index is 12.3. The van der Waals surface area contributed by atoms with Crippen molar-refractivity contribution in [1.82, 2.24) is 14.9 Å². The van der Waals surface area contributed by atoms with Crippen LogP contribution in [0.15, 0.2) is 6.07 Å². The standard InChI is InChI=1S/C16H26ClN5O2/c1-10-6-11(21(5)15(23)24-16(2,3)4)9-22(8-10)13-7-12(17)19-14(18)20-13/h7,10-11H,6,8-9H2,1-5H3,(H2,18,19,20). The Bertz CT molecular complexity index is 584. The van der Waals surface area contributed by atoms with Gasteiger partial charge < -0.3 is 20.3 Å². The first-order valence-electron chi connectivity index (χ1n) is 8.06. The molecule has 0 aromatic carbocycles. The molecule has 2 unspecified atom stereocenters. The number of carbonyl (C=O) groups excluding carboxylic acids is 1. The zero-order valence-corrected chi connectivity index (χ0v) is 15.7. The van der Waals surface area contributed by atoms with Gasteiger partial charge in [-0.25, -0.2) is 9.78 Å². The Morgan fingerprint density at radius 3 is 2.67 bits per heavy atom. The number of nitrogens with two attached hydrogens (primary N) is 1. The van der Waals surface area contributed by atoms with Crippen LogP contribution in [0.2, 0.25) is 5.15 Å². The molecular formula is C16H26ClN5O2. The Morgan fingerprint density at radius 2 is 2.08 bits per heavy atom. The van der Waals surface area contributed by atoms with E-state index in [-0.39, 0.29) is 18.1 Å². The predicted molar refractivity (Wildman–Crippen MR) is 95.2 cm³/mol. The number of nitrogen functional groups attached to an aromatic ring is 1. The third-order valence-corrected chi connectivity index (χ3v) is 4.08. The molecule has 0 bridgehead atoms. The first-order valence-corrected chi connectivity index (χ1v) is 8.44. The van der Waals surface area contributed by atoms with Crippen LogP contribution >= 0.6 is 11.6 Å². The van der Waals surface area contributed by atoms with Crippen molar-refractivity contribution in [3.05, 3.63) is 11.2 Å². The maximum Gasteiger partial charge on any atom is 0.410 e. The van der Waals surface area contributed by atoms with Gasteiger partial charge in [0, 0.05) is 26.2 Å². The maximum atomic E-state index is 12.3. The number of carbonyl (C=O) groups is 1. The van der Waals surface area contributed by atoms with Crippen molar-refractivity contribution < 1.29 is 9.53 Å². The lowest BCUT2D eigenvalue weighted by molar-refractivity contribution is 0.0195. The lowest BCUT2D eigenvalue weighted by atomic mass is 9.95. The summed E-state index contributed by atoms with van der Waals surface area (Å²) in [7, 11) is 1.77. The van der Waals surface area contributed by atoms with Gasteiger partial charge in [0.25, 0.3) is 0 Å². The lowest BCUT2D eigenvalue weighted by Crippen LogP contribution is -2.52. The number of aromatic nitrogens is 2. The number of ether oxygens (including phenoxy) is 1. The Morgan fingerprint density at radius 1 is 1.42 bits per heavy atom. The summed E-state index contributed by atoms with van der Waals surface area (Å²) in [5, 5.41) is 0.313. The van der Waals surface area contributed by atoms with E-state index in [1.807, 2.05) is 20.8 Å². The van der Waals surface area contributed by atoms with E-state index in [1.165, 1.54) is 0 Å². The number of hydrogen-bond donors (Lipinski definition) is 1. The summed E-state index contributed by atoms with van der Waals surface area (Å²) in [5.74, 6) is 1.22. The van der Waals surface area contributed by atoms with Gasteiger partial charge in [0.2, 0.25) is 5.95 Å². The number of anilines is 2. The molecule has 2 rings (SSSR count). The highest BCUT2D eigenvalue weighted by Gasteiger charge is 2.32. The van der Waals surface area contributed by atoms with Crippen molar-refractivity contribution >= 4 is 29.5 Å². The predicted octanol–water partition coefficient (Wildman–Crippen LogP) is 2.79. The number of likely N-dealkylation sites (N-methyl/N-ethyl adjacent to an activating group) is 1. The molecule has 2 N–H and O–H groups in total. The first kappa shape index (κ1) is 18.6. The van der Waals surface area contributed by atoms with Crippen LogP contribution in [0.1, 0.15) is 34.1 Å². The van der Waals surface area contributed by atoms with E-state index in [9.17, 15) is 4.79 Å². The van der Waals surface area contributed by atoms with Crippen LogP contribution in [0.5, 0.6) is 0 Å². The third-order valence-electron chi connectivity index (χ3n) is 3.89. The molecule has 1 aliphatic heterocycles. The molecule has 0 radical (unpaired) electrons. The van der Waals surface area contributed by atoms with E-state index in [0.29, 0.717) is 23.4 Å². The minimum absolute atomic E-state index is 0.0264. The van der Waals surface area contributed by atoms with Crippen LogP contribution in [0.4, 0.5) is 16.6 Å². The summed E-state index contributed by atoms with van der Waals surface area (Å²) in [4.78, 5) is 24.2. The van der Waals surface area contributed by atoms with Gasteiger partial charge in [-0.05, 0) is 33.1 Å². The molecule has 8 heteroatoms. The number of rotatable bonds is 2. The van der Waals surface area contributed by atoms with E-state index < -0.39 is 5.60 Å². The van der Waals surface area contributed by atoms with Crippen LogP contribution in [0.25, 0.3) is 0 Å². The van der Waals surface area contributed by atoms with Crippen LogP contribution in [0.3, 0.4) is 0 Å². The summed E-state index contributed by atoms with van der Waals surface area (Å²) >= 11 is 5.99. The molecule has 0 saturated carbocycles. The molecule has 1 amide bonds. The fraction of sp³-hybridized carbons (Fsp3) is 0.688. The highest BCUT2D eigenvalue weighted by molar-refractivity contribution is 6.29. The van der Waals surface area contributed by atoms with E-state index >= 15 is 0 Å². The van der Waals surface area contributed by atoms with Gasteiger partial charge in [0.1, 0.15) is 16.6 Å². The lowest BCUT2D eigenvalue weighted by Gasteiger charge is -2.41. The van der Waals surface area contributed by atoms with Crippen molar-refractivity contribution in [2.24, 2.45) is 5.92 Å². The topological polar surface area (TPSA) is 84.6 Å². The van der Waals surface area contributed by atoms with Crippen LogP contribution in [0, 0.1) is 5.92 Å². The minimum atomic E-state index is -0.514. The van der Waals surface area contributed by atoms with E-state index in [4.69, 9.17) is 22.1 Å². The van der Waals surface area contributed by atoms with E-state index in [2.05, 4.69) is 21.8 Å². The summed E-state index contributed by atoms with van der Waals surface area (Å²) in [6.45, 7) is 9.20. The zero-order valence-electron chi connectivity index (χ0n) is 14.9. The summed E-state index contributed by atoms with van der Waals surface area (Å²) in [5.41, 5.74) is 5.18. The fourth-order valence-electron chi connectivity index (χ4n) is 2.85. The van der Waals surface area contributed by atoms with Crippen molar-refractivity contribution in [3.63, 3.8) is 0 Å². The van der Waals surface area contributed by atoms with E-state index in [1.54, 1.807) is 18.0 Å². The fourth-order valence-corrected chi connectivity index (χ4v) is 3.04. The van der Waals surface area contributed by atoms with Gasteiger partial charge >= 0.3 is 6.09 Å². The molecule has 0 aliphatic carbocycles. The highest BCUT2D eigenvalue weighted by atomic mass is 35.5. The normalized spacial score (nSPS) is 21.5. The highest BCUT2D eigenvalue weighted by Crippen LogP contribution is 2.26. The summed E-state index contributed by atoms with van der Waals surface area (Å²) in [6.07, 6.45) is 0.586. The first-order chi connectivity index (χ1) is 11.0. The molecule has 24 heavy (non-hydrogen) atoms. The average Bonchev–Trinajstić information content (AvgIpc) is 2.43. The molecule has 7 nitrogen and oxygen atoms in total. The van der Waals surface area contributed by atoms with Gasteiger partial charge in [-0.3, -0.25) is 0 Å². The second kappa shape index (κ2) is 7.01. The molecule has 2 atom stereocenters. The van der Waals surface area contributed by atoms with Crippen LogP contribution in [-0.2, 0) is 4.74 Å². The van der Waals surface area contributed by atoms with Gasteiger partial charge in [-0.15, -0.1) is 0 Å². The van der Waals surface area contributed by atoms with Crippen LogP contribution < -0.4 is 10.6 Å². The molecule has 2 heterocycles. The van der Waals surface area contributed by atoms with Gasteiger partial charge in [-0.1, -0.05) is 18.5 Å². The minimum Gasteiger partial charge on any atom is -0.444 e. The third kappa shape index (κ3) is 4.87. The SMILES string of the molecule is CC1CC(N(C)C(=O)OC(C)(C)C)CN(c2cc(Cl)nc(N)n2)C1. The van der Waals surface area contributed by atoms with Gasteiger partial charge in [-0.2, -0.15) is 4.98 Å². The smallest absolute Gasteiger partial charge is 0.410 e. The molecule has 0 spiro atoms. The molecular weight excluding hydrogens is 330 g/mol. The average molecular weight is 356 g/mol. The van der Waals surface area contributed by atoms with Crippen LogP contribution in [-0.4, -0.2) is 52.7 Å². The quantitative estimate of drug-likeness (QED) is 0.821. The molecule has 1 aromatic heterocycles. The van der Waals surface area contributed by atoms with Gasteiger partial charge in [0.15, 0.2) is 0 Å². The monoisotopic (exact) mass is 355 g/mol. The second-order valence-electron chi connectivity index (χ2n) is 7.40. The Hall–Kier alpha value is -1.76. The molecule has 1 aliphatic rings. The second-order valence-corrected chi connectivity index (χ2v) is 7.79. The van der Waals surface area contributed by atoms with Crippen molar-refractivity contribution in [2.75, 3.05) is 30.8 Å². The van der Waals surface area contributed by atoms with Crippen molar-refractivity contribution in [2.45, 2.75) is 45.8 Å². The van der Waals surface area contributed by atoms with E-state index in [0.717, 1.165) is 13.0 Å². The molecule has 1 saturated heterocycles. The number of piperidine rings is 1. The summed E-state index contributed by atoms with van der Waals surface area (Å²) < 4.78 is 5.47. The Labute approximate surface area is 148 Å². The molecule has 1 aromatic rings.